The zero-order chi connectivity index (χ0) is 90.8. The molecule has 0 bridgehead atoms. The van der Waals surface area contributed by atoms with Crippen molar-refractivity contribution in [1.82, 2.24) is 53.6 Å². The van der Waals surface area contributed by atoms with Gasteiger partial charge in [0.05, 0.1) is 58.6 Å². The molecule has 9 aromatic heterocycles. The van der Waals surface area contributed by atoms with Gasteiger partial charge in [-0.05, 0) is 123 Å². The molecule has 0 unspecified atom stereocenters. The Morgan fingerprint density at radius 1 is 0.159 bits per heavy atom. The Balaban J connectivity index is 0.000000105. The second kappa shape index (κ2) is 33.2. The smallest absolute Gasteiger partial charge is 0.238 e. The molecule has 29 aromatic rings. The van der Waals surface area contributed by atoms with Crippen LogP contribution in [0.5, 0.6) is 0 Å². The maximum absolute atomic E-state index is 5.16. The zero-order valence-electron chi connectivity index (χ0n) is 73.9. The van der Waals surface area contributed by atoms with Gasteiger partial charge in [-0.15, -0.1) is 34.0 Å². The van der Waals surface area contributed by atoms with Crippen molar-refractivity contribution in [1.29, 1.82) is 0 Å². The van der Waals surface area contributed by atoms with Gasteiger partial charge in [0.1, 0.15) is 0 Å². The predicted molar refractivity (Wildman–Crippen MR) is 579 cm³/mol. The van der Waals surface area contributed by atoms with E-state index in [0.29, 0.717) is 40.9 Å². The van der Waals surface area contributed by atoms with Crippen LogP contribution in [0.3, 0.4) is 0 Å². The molecule has 14 heteroatoms. The van der Waals surface area contributed by atoms with Gasteiger partial charge in [-0.1, -0.05) is 364 Å². The van der Waals surface area contributed by atoms with Gasteiger partial charge in [-0.25, -0.2) is 29.9 Å². The Morgan fingerprint density at radius 2 is 0.377 bits per heavy atom. The second-order valence-corrected chi connectivity index (χ2v) is 37.8. The minimum Gasteiger partial charge on any atom is -0.308 e. The van der Waals surface area contributed by atoms with Crippen molar-refractivity contribution in [2.24, 2.45) is 0 Å². The van der Waals surface area contributed by atoms with Crippen LogP contribution in [0.2, 0.25) is 0 Å². The van der Waals surface area contributed by atoms with Crippen LogP contribution in [0.4, 0.5) is 0 Å². The molecule has 0 atom stereocenters. The number of rotatable bonds is 11. The van der Waals surface area contributed by atoms with Gasteiger partial charge in [0, 0.05) is 135 Å². The Morgan fingerprint density at radius 3 is 0.681 bits per heavy atom. The fourth-order valence-electron chi connectivity index (χ4n) is 20.6. The van der Waals surface area contributed by atoms with Gasteiger partial charge in [-0.3, -0.25) is 4.57 Å². The molecular formula is C124H75N11S3. The highest BCUT2D eigenvalue weighted by Crippen LogP contribution is 2.53. The van der Waals surface area contributed by atoms with Crippen LogP contribution in [0.25, 0.3) is 266 Å². The Kier molecular flexibility index (Phi) is 19.3. The summed E-state index contributed by atoms with van der Waals surface area (Å²) in [4.78, 5) is 40.2. The van der Waals surface area contributed by atoms with Crippen molar-refractivity contribution in [3.8, 4) is 108 Å². The highest BCUT2D eigenvalue weighted by atomic mass is 32.1. The van der Waals surface area contributed by atoms with Crippen LogP contribution in [0.1, 0.15) is 0 Å². The Labute approximate surface area is 802 Å². The third-order valence-electron chi connectivity index (χ3n) is 26.7. The van der Waals surface area contributed by atoms with E-state index in [4.69, 9.17) is 39.9 Å². The molecule has 0 fully saturated rings. The lowest BCUT2D eigenvalue weighted by atomic mass is 9.99. The number of para-hydroxylation sites is 3. The normalized spacial score (nSPS) is 11.8. The first-order chi connectivity index (χ1) is 68.5. The third kappa shape index (κ3) is 13.4. The van der Waals surface area contributed by atoms with Crippen LogP contribution in [-0.2, 0) is 0 Å². The van der Waals surface area contributed by atoms with Crippen molar-refractivity contribution in [2.45, 2.75) is 0 Å². The lowest BCUT2D eigenvalue weighted by molar-refractivity contribution is 0.955. The minimum atomic E-state index is 0.614. The van der Waals surface area contributed by atoms with Gasteiger partial charge < -0.3 is 9.13 Å². The van der Waals surface area contributed by atoms with Crippen LogP contribution >= 0.6 is 34.0 Å². The summed E-state index contributed by atoms with van der Waals surface area (Å²) < 4.78 is 14.9. The monoisotopic (exact) mass is 1810 g/mol. The third-order valence-corrected chi connectivity index (χ3v) is 30.2. The molecule has 138 heavy (non-hydrogen) atoms. The summed E-state index contributed by atoms with van der Waals surface area (Å²) in [7, 11) is 0. The minimum absolute atomic E-state index is 0.614. The lowest BCUT2D eigenvalue weighted by Crippen LogP contribution is -2.06. The first-order valence-electron chi connectivity index (χ1n) is 46.2. The summed E-state index contributed by atoms with van der Waals surface area (Å²) in [5, 5.41) is 23.0. The first-order valence-corrected chi connectivity index (χ1v) is 48.6. The van der Waals surface area contributed by atoms with Crippen molar-refractivity contribution in [3.63, 3.8) is 0 Å². The molecule has 0 radical (unpaired) electrons. The van der Waals surface area contributed by atoms with Gasteiger partial charge >= 0.3 is 0 Å². The van der Waals surface area contributed by atoms with Crippen molar-refractivity contribution in [2.75, 3.05) is 0 Å². The molecule has 0 aliphatic rings. The summed E-state index contributed by atoms with van der Waals surface area (Å²) in [5.74, 6) is 4.59. The van der Waals surface area contributed by atoms with E-state index in [9.17, 15) is 0 Å². The standard InChI is InChI=1S/C44H27N3S.C43H26N4S.C37H22N4S/c1-3-13-28(14-4-1)36-27-37(29-15-5-2-6-16-29)46-44(45-36)30-23-25-31(26-24-30)47-38-21-11-9-19-34(38)40-32-17-7-8-18-33(32)41-35-20-10-12-22-39(35)48-43(41)42(40)47;1-3-13-27(14-4-1)41-44-42(28-15-5-2-6-16-28)46-43(45-41)29-23-25-30(26-24-29)47-35-21-11-9-19-33(35)37-31-17-7-8-18-32(31)38-34-20-10-12-22-36(34)48-40(38)39(37)47;1-3-13-23(14-4-1)35-38-36(24-15-5-2-6-16-24)40-37(39-35)41-29-21-11-9-19-27(29)31-25-17-7-8-18-26(25)32-28-20-10-12-22-30(28)42-34(32)33(31)41/h1-27H;1-26H;1-22H. The maximum atomic E-state index is 5.16. The number of hydrogen-bond acceptors (Lipinski definition) is 11. The Bertz CT molecular complexity index is 9320. The molecule has 0 aliphatic carbocycles. The molecule has 0 N–H and O–H groups in total. The zero-order valence-corrected chi connectivity index (χ0v) is 76.4. The van der Waals surface area contributed by atoms with Crippen LogP contribution in [-0.4, -0.2) is 53.6 Å². The molecule has 29 rings (SSSR count). The van der Waals surface area contributed by atoms with E-state index in [2.05, 4.69) is 359 Å². The average Bonchev–Trinajstić information content (AvgIpc) is 1.55. The van der Waals surface area contributed by atoms with Crippen LogP contribution < -0.4 is 0 Å². The summed E-state index contributed by atoms with van der Waals surface area (Å²) in [6.45, 7) is 0. The Hall–Kier alpha value is -17.7. The molecule has 0 saturated carbocycles. The molecule has 11 nitrogen and oxygen atoms in total. The molecule has 0 spiro atoms. The van der Waals surface area contributed by atoms with Gasteiger partial charge in [0.2, 0.25) is 5.95 Å². The number of fused-ring (bicyclic) bond motifs is 30. The van der Waals surface area contributed by atoms with Crippen molar-refractivity contribution >= 4 is 192 Å². The molecular weight excluding hydrogens is 1740 g/mol. The molecule has 0 aliphatic heterocycles. The number of benzene rings is 20. The number of thiophene rings is 3. The highest BCUT2D eigenvalue weighted by Gasteiger charge is 2.29. The topological polar surface area (TPSA) is 118 Å². The quantitative estimate of drug-likeness (QED) is 0.126. The van der Waals surface area contributed by atoms with E-state index >= 15 is 0 Å². The van der Waals surface area contributed by atoms with E-state index in [1.54, 1.807) is 0 Å². The lowest BCUT2D eigenvalue weighted by Gasteiger charge is -2.12. The molecule has 9 heterocycles. The molecule has 20 aromatic carbocycles. The molecule has 644 valence electrons. The van der Waals surface area contributed by atoms with E-state index in [-0.39, 0.29) is 0 Å². The van der Waals surface area contributed by atoms with Crippen molar-refractivity contribution in [3.05, 3.63) is 455 Å². The maximum Gasteiger partial charge on any atom is 0.238 e. The number of nitrogens with zero attached hydrogens (tertiary/aromatic N) is 11. The SMILES string of the molecule is c1ccc(-c2cc(-c3ccccc3)nc(-c3ccc(-n4c5ccccc5c5c6ccccc6c6c7ccccc7sc6c54)cc3)n2)cc1.c1ccc(-c2nc(-c3ccccc3)nc(-c3ccc(-n4c5ccccc5c5c6ccccc6c6c7ccccc7sc6c54)cc3)n2)cc1.c1ccc(-c2nc(-c3ccccc3)nc(-n3c4ccccc4c4c5ccccc5c5c6ccccc6sc5c43)n2)cc1. The fourth-order valence-corrected chi connectivity index (χ4v) is 24.3. The first kappa shape index (κ1) is 80.0. The highest BCUT2D eigenvalue weighted by molar-refractivity contribution is 7.28. The van der Waals surface area contributed by atoms with Gasteiger partial charge in [0.15, 0.2) is 34.9 Å². The summed E-state index contributed by atoms with van der Waals surface area (Å²) in [6.07, 6.45) is 0. The fraction of sp³-hybridized carbons (Fsp3) is 0. The van der Waals surface area contributed by atoms with Crippen LogP contribution in [0.15, 0.2) is 455 Å². The molecule has 0 amide bonds. The van der Waals surface area contributed by atoms with Crippen LogP contribution in [0, 0.1) is 0 Å². The summed E-state index contributed by atoms with van der Waals surface area (Å²) in [6, 6.07) is 160. The van der Waals surface area contributed by atoms with Crippen molar-refractivity contribution < 1.29 is 0 Å². The van der Waals surface area contributed by atoms with E-state index in [1.165, 1.54) is 147 Å². The second-order valence-electron chi connectivity index (χ2n) is 34.6. The summed E-state index contributed by atoms with van der Waals surface area (Å²) >= 11 is 5.61. The number of aromatic nitrogens is 11. The summed E-state index contributed by atoms with van der Waals surface area (Å²) in [5.41, 5.74) is 19.0. The molecule has 0 saturated heterocycles. The number of hydrogen-bond donors (Lipinski definition) is 0. The van der Waals surface area contributed by atoms with Gasteiger partial charge in [0.25, 0.3) is 0 Å². The largest absolute Gasteiger partial charge is 0.308 e. The predicted octanol–water partition coefficient (Wildman–Crippen LogP) is 33.4. The van der Waals surface area contributed by atoms with Gasteiger partial charge in [-0.2, -0.15) is 9.97 Å². The van der Waals surface area contributed by atoms with E-state index in [0.717, 1.165) is 78.3 Å². The van der Waals surface area contributed by atoms with E-state index < -0.39 is 0 Å². The van der Waals surface area contributed by atoms with E-state index in [1.807, 2.05) is 143 Å². The average molecular weight is 1820 g/mol.